The number of carbonyl (C=O) groups is 1. The fourth-order valence-electron chi connectivity index (χ4n) is 25.6. The molecule has 17 aliphatic rings. The number of nitrogens with one attached hydrogen (secondary N) is 2. The smallest absolute Gasteiger partial charge is 0.307 e. The van der Waals surface area contributed by atoms with Crippen LogP contribution in [0.25, 0.3) is 17.2 Å². The average molecular weight is 1220 g/mol. The van der Waals surface area contributed by atoms with Crippen molar-refractivity contribution >= 4 is 23.2 Å². The number of rotatable bonds is 8. The Morgan fingerprint density at radius 1 is 0.780 bits per heavy atom. The summed E-state index contributed by atoms with van der Waals surface area (Å²) < 4.78 is 0. The van der Waals surface area contributed by atoms with Gasteiger partial charge in [-0.2, -0.15) is 0 Å². The van der Waals surface area contributed by atoms with E-state index in [4.69, 9.17) is 0 Å². The lowest BCUT2D eigenvalue weighted by atomic mass is 9.30. The van der Waals surface area contributed by atoms with E-state index in [0.717, 1.165) is 114 Å². The van der Waals surface area contributed by atoms with Crippen LogP contribution < -0.4 is 21.1 Å². The maximum atomic E-state index is 15.2. The quantitative estimate of drug-likeness (QED) is 0.0755. The minimum Gasteiger partial charge on any atom is -0.516 e. The number of aliphatic carboxylic acids is 1. The van der Waals surface area contributed by atoms with Crippen LogP contribution in [0.15, 0.2) is 150 Å². The highest BCUT2D eigenvalue weighted by molar-refractivity contribution is 5.78. The van der Waals surface area contributed by atoms with Gasteiger partial charge < -0.3 is 31.1 Å². The Kier molecular flexibility index (Phi) is 15.1. The zero-order valence-electron chi connectivity index (χ0n) is 55.1. The maximum Gasteiger partial charge on any atom is 0.307 e. The summed E-state index contributed by atoms with van der Waals surface area (Å²) in [6.07, 6.45) is 47.4. The van der Waals surface area contributed by atoms with E-state index in [9.17, 15) is 20.4 Å². The summed E-state index contributed by atoms with van der Waals surface area (Å²) >= 11 is 0. The number of dihydropyridines is 1. The predicted molar refractivity (Wildman–Crippen MR) is 366 cm³/mol. The number of allylic oxidation sites excluding steroid dienone is 10. The number of aliphatic hydroxyl groups excluding tert-OH is 3. The van der Waals surface area contributed by atoms with E-state index in [1.165, 1.54) is 114 Å². The number of carboxylic acid groups (broad SMARTS) is 1. The standard InChI is InChI=1S/C84H104N2O5/c1-4-5-7-18-56-19-10-11-22-58(56)45-55-31-39-80(48-55)40-33-69-67(80)34-42-83-70(76(90)91)29-27-62(53-87)63(57-20-8-6-9-21-57)26-15-43-85-75-30-28-61(52-86-75)59-24-14-17-54(44-59)46-65-64-25-13-12-23-60(64)47-71-66(65)49-81-37-16-36-78(2)73(88)35-41-82(71,77(78)81)68-32-38-79(83,3)84(69,51-74(83)89)72(68)50-81/h10-14,16-17,19,22-25,28,30,34,37,42,44,47,49,53,55,57,63,67,69-71,73-74,77,85-89H,4-9,15,18,20-21,26-27,29,31-33,35-36,38-41,43,45-46,48,50-52H2,1-3H3,(H,90,91). The van der Waals surface area contributed by atoms with Crippen molar-refractivity contribution in [2.45, 2.75) is 206 Å². The molecule has 0 radical (unpaired) electrons. The van der Waals surface area contributed by atoms with Crippen molar-refractivity contribution in [1.82, 2.24) is 10.6 Å². The Labute approximate surface area is 543 Å². The predicted octanol–water partition coefficient (Wildman–Crippen LogP) is 16.1. The van der Waals surface area contributed by atoms with Crippen molar-refractivity contribution in [3.63, 3.8) is 0 Å². The average Bonchev–Trinajstić information content (AvgIpc) is 1.63. The van der Waals surface area contributed by atoms with Crippen LogP contribution >= 0.6 is 0 Å². The van der Waals surface area contributed by atoms with Gasteiger partial charge in [-0.05, 0) is 249 Å². The van der Waals surface area contributed by atoms with Gasteiger partial charge in [0.2, 0.25) is 0 Å². The van der Waals surface area contributed by atoms with Crippen molar-refractivity contribution < 1.29 is 25.2 Å². The zero-order chi connectivity index (χ0) is 62.1. The Morgan fingerprint density at radius 3 is 2.44 bits per heavy atom. The van der Waals surface area contributed by atoms with Gasteiger partial charge >= 0.3 is 5.97 Å². The molecule has 3 spiro atoms. The van der Waals surface area contributed by atoms with Gasteiger partial charge in [0.1, 0.15) is 0 Å². The van der Waals surface area contributed by atoms with Gasteiger partial charge in [-0.1, -0.05) is 179 Å². The number of aliphatic hydroxyl groups is 3. The molecule has 0 saturated heterocycles. The molecule has 0 aromatic heterocycles. The highest BCUT2D eigenvalue weighted by Crippen LogP contribution is 2.86. The van der Waals surface area contributed by atoms with Gasteiger partial charge in [0.15, 0.2) is 0 Å². The molecule has 16 atom stereocenters. The van der Waals surface area contributed by atoms with E-state index in [2.05, 4.69) is 153 Å². The zero-order valence-corrected chi connectivity index (χ0v) is 55.1. The van der Waals surface area contributed by atoms with Crippen molar-refractivity contribution in [2.75, 3.05) is 13.1 Å². The van der Waals surface area contributed by atoms with Crippen molar-refractivity contribution in [3.8, 4) is 0 Å². The molecule has 5 fully saturated rings. The van der Waals surface area contributed by atoms with Crippen LogP contribution in [0.4, 0.5) is 0 Å². The highest BCUT2D eigenvalue weighted by atomic mass is 16.4. The molecular weight excluding hydrogens is 1120 g/mol. The third-order valence-corrected chi connectivity index (χ3v) is 29.2. The van der Waals surface area contributed by atoms with Crippen molar-refractivity contribution in [1.29, 1.82) is 0 Å². The van der Waals surface area contributed by atoms with Crippen molar-refractivity contribution in [3.05, 3.63) is 182 Å². The largest absolute Gasteiger partial charge is 0.516 e. The van der Waals surface area contributed by atoms with Crippen LogP contribution in [0.3, 0.4) is 0 Å². The lowest BCUT2D eigenvalue weighted by molar-refractivity contribution is -0.168. The molecule has 0 amide bonds. The normalized spacial score (nSPS) is 40.8. The molecule has 6 heterocycles. The molecule has 3 aromatic carbocycles. The maximum absolute atomic E-state index is 15.2. The fourth-order valence-corrected chi connectivity index (χ4v) is 25.6. The minimum absolute atomic E-state index is 0.0849. The topological polar surface area (TPSA) is 122 Å². The van der Waals surface area contributed by atoms with E-state index in [0.29, 0.717) is 31.1 Å². The van der Waals surface area contributed by atoms with Crippen LogP contribution in [0.2, 0.25) is 0 Å². The third kappa shape index (κ3) is 8.92. The molecule has 3 aromatic rings. The number of hydrogen-bond donors (Lipinski definition) is 6. The van der Waals surface area contributed by atoms with Gasteiger partial charge in [-0.15, -0.1) is 0 Å². The highest BCUT2D eigenvalue weighted by Gasteiger charge is 2.81. The van der Waals surface area contributed by atoms with E-state index in [1.807, 2.05) is 0 Å². The summed E-state index contributed by atoms with van der Waals surface area (Å²) in [5, 5.41) is 61.1. The molecule has 16 unspecified atom stereocenters. The van der Waals surface area contributed by atoms with Gasteiger partial charge in [-0.3, -0.25) is 4.79 Å². The lowest BCUT2D eigenvalue weighted by Crippen LogP contribution is -2.68. The summed E-state index contributed by atoms with van der Waals surface area (Å²) in [6.45, 7) is 8.86. The molecule has 14 bridgehead atoms. The van der Waals surface area contributed by atoms with Crippen LogP contribution in [0.1, 0.15) is 197 Å². The third-order valence-electron chi connectivity index (χ3n) is 29.2. The number of benzene rings is 3. The monoisotopic (exact) mass is 1220 g/mol. The lowest BCUT2D eigenvalue weighted by Gasteiger charge is -2.73. The van der Waals surface area contributed by atoms with E-state index in [1.54, 1.807) is 16.7 Å². The van der Waals surface area contributed by atoms with Gasteiger partial charge in [0, 0.05) is 46.1 Å². The second kappa shape index (κ2) is 22.8. The number of hydrogen-bond acceptors (Lipinski definition) is 6. The molecule has 480 valence electrons. The van der Waals surface area contributed by atoms with Gasteiger partial charge in [0.25, 0.3) is 0 Å². The summed E-state index contributed by atoms with van der Waals surface area (Å²) in [6, 6.07) is 28.0. The van der Waals surface area contributed by atoms with Crippen LogP contribution in [-0.2, 0) is 24.1 Å². The number of unbranched alkanes of at least 4 members (excludes halogenated alkanes) is 2. The molecule has 6 N–H and O–H groups in total. The van der Waals surface area contributed by atoms with E-state index in [-0.39, 0.29) is 45.8 Å². The first-order valence-corrected chi connectivity index (χ1v) is 36.8. The first-order chi connectivity index (χ1) is 44.2. The minimum atomic E-state index is -1.05. The first-order valence-electron chi connectivity index (χ1n) is 36.8. The molecule has 11 aliphatic carbocycles. The molecule has 6 aliphatic heterocycles. The number of aryl methyl sites for hydroxylation is 1. The number of fused-ring (bicyclic) bond motifs is 3. The van der Waals surface area contributed by atoms with Crippen LogP contribution in [-0.4, -0.2) is 51.7 Å². The summed E-state index contributed by atoms with van der Waals surface area (Å²) in [5.74, 6) is 1.35. The first kappa shape index (κ1) is 60.3. The molecule has 91 heavy (non-hydrogen) atoms. The van der Waals surface area contributed by atoms with Gasteiger partial charge in [0.05, 0.1) is 30.2 Å². The van der Waals surface area contributed by atoms with Gasteiger partial charge in [-0.25, -0.2) is 0 Å². The van der Waals surface area contributed by atoms with Crippen LogP contribution in [0, 0.1) is 85.2 Å². The van der Waals surface area contributed by atoms with E-state index >= 15 is 4.79 Å². The summed E-state index contributed by atoms with van der Waals surface area (Å²) in [4.78, 5) is 15.2. The van der Waals surface area contributed by atoms with Crippen LogP contribution in [0.5, 0.6) is 0 Å². The Bertz CT molecular complexity index is 3760. The molecule has 7 heteroatoms. The summed E-state index contributed by atoms with van der Waals surface area (Å²) in [5.41, 5.74) is 11.1. The Balaban J connectivity index is 0.894. The Hall–Kier alpha value is -5.63. The van der Waals surface area contributed by atoms with E-state index < -0.39 is 45.8 Å². The van der Waals surface area contributed by atoms with Crippen molar-refractivity contribution in [2.24, 2.45) is 85.2 Å². The SMILES string of the molecule is CCCCCc1ccccc1CC1CCC2(CCC3C2C=CC24C(O)CC35C3=C(CCC52C)C25CCC(O)C6(C)CC=CC(C=C7C(=c8ccccc8=CC72)Cc2cccc(c2)C2=CC=C(NCCCC(C7CCCCC7)C(=CO)CCC4C(=O)O)NC2)(C3)C65)C1. The molecule has 7 nitrogen and oxygen atoms in total. The molecule has 5 saturated carbocycles. The molecular formula is C84H104N2O5. The second-order valence-electron chi connectivity index (χ2n) is 32.8. The fraction of sp³-hybridized carbons (Fsp3) is 0.583. The second-order valence-corrected chi connectivity index (χ2v) is 32.8. The summed E-state index contributed by atoms with van der Waals surface area (Å²) in [7, 11) is 0. The number of carboxylic acids is 1. The molecule has 20 rings (SSSR count). The Morgan fingerprint density at radius 2 is 1.62 bits per heavy atom.